The van der Waals surface area contributed by atoms with Crippen molar-refractivity contribution in [2.75, 3.05) is 27.2 Å². The third-order valence-electron chi connectivity index (χ3n) is 1.85. The smallest absolute Gasteiger partial charge is 0.237 e. The molecule has 1 N–H and O–H groups in total. The first kappa shape index (κ1) is 13.7. The van der Waals surface area contributed by atoms with Crippen molar-refractivity contribution in [3.63, 3.8) is 0 Å². The van der Waals surface area contributed by atoms with E-state index < -0.39 is 5.38 Å². The molecule has 0 fully saturated rings. The molecule has 0 saturated carbocycles. The molecular formula is C10H21ClN2O. The number of amides is 1. The standard InChI is InChI=1S/C10H21ClN2O/c1-8(11)9(14)12-6-10(2,3)7-13(4)5/h8H,6-7H2,1-5H3,(H,12,14). The molecule has 0 aliphatic heterocycles. The van der Waals surface area contributed by atoms with Gasteiger partial charge in [-0.25, -0.2) is 0 Å². The van der Waals surface area contributed by atoms with Gasteiger partial charge in [0.1, 0.15) is 5.38 Å². The van der Waals surface area contributed by atoms with Crippen molar-refractivity contribution in [3.05, 3.63) is 0 Å². The second-order valence-corrected chi connectivity index (χ2v) is 5.39. The van der Waals surface area contributed by atoms with E-state index in [1.54, 1.807) is 6.92 Å². The number of rotatable bonds is 5. The minimum atomic E-state index is -0.454. The van der Waals surface area contributed by atoms with Crippen LogP contribution in [0.25, 0.3) is 0 Å². The van der Waals surface area contributed by atoms with Gasteiger partial charge >= 0.3 is 0 Å². The van der Waals surface area contributed by atoms with E-state index in [-0.39, 0.29) is 11.3 Å². The lowest BCUT2D eigenvalue weighted by atomic mass is 9.93. The molecule has 0 bridgehead atoms. The zero-order chi connectivity index (χ0) is 11.4. The van der Waals surface area contributed by atoms with Crippen molar-refractivity contribution in [3.8, 4) is 0 Å². The maximum absolute atomic E-state index is 11.2. The van der Waals surface area contributed by atoms with Crippen LogP contribution in [0.1, 0.15) is 20.8 Å². The summed E-state index contributed by atoms with van der Waals surface area (Å²) in [5.41, 5.74) is 0.0743. The van der Waals surface area contributed by atoms with Gasteiger partial charge < -0.3 is 10.2 Å². The number of carbonyl (C=O) groups excluding carboxylic acids is 1. The minimum absolute atomic E-state index is 0.0743. The van der Waals surface area contributed by atoms with Gasteiger partial charge in [-0.1, -0.05) is 13.8 Å². The molecule has 3 nitrogen and oxygen atoms in total. The highest BCUT2D eigenvalue weighted by atomic mass is 35.5. The van der Waals surface area contributed by atoms with Crippen molar-refractivity contribution in [1.29, 1.82) is 0 Å². The van der Waals surface area contributed by atoms with Crippen LogP contribution in [-0.2, 0) is 4.79 Å². The van der Waals surface area contributed by atoms with Crippen LogP contribution >= 0.6 is 11.6 Å². The fourth-order valence-corrected chi connectivity index (χ4v) is 1.46. The molecular weight excluding hydrogens is 200 g/mol. The Bertz CT molecular complexity index is 191. The summed E-state index contributed by atoms with van der Waals surface area (Å²) in [4.78, 5) is 13.3. The fraction of sp³-hybridized carbons (Fsp3) is 0.900. The molecule has 4 heteroatoms. The lowest BCUT2D eigenvalue weighted by Crippen LogP contribution is -2.41. The van der Waals surface area contributed by atoms with Gasteiger partial charge in [-0.05, 0) is 26.4 Å². The molecule has 84 valence electrons. The van der Waals surface area contributed by atoms with Crippen LogP contribution in [0.4, 0.5) is 0 Å². The summed E-state index contributed by atoms with van der Waals surface area (Å²) in [7, 11) is 4.04. The maximum atomic E-state index is 11.2. The van der Waals surface area contributed by atoms with Gasteiger partial charge in [-0.3, -0.25) is 4.79 Å². The molecule has 1 amide bonds. The highest BCUT2D eigenvalue weighted by Crippen LogP contribution is 2.14. The summed E-state index contributed by atoms with van der Waals surface area (Å²) in [5, 5.41) is 2.38. The molecule has 0 radical (unpaired) electrons. The van der Waals surface area contributed by atoms with Gasteiger partial charge in [0.2, 0.25) is 5.91 Å². The maximum Gasteiger partial charge on any atom is 0.237 e. The Morgan fingerprint density at radius 1 is 1.50 bits per heavy atom. The topological polar surface area (TPSA) is 32.3 Å². The Hall–Kier alpha value is -0.280. The molecule has 0 aromatic heterocycles. The van der Waals surface area contributed by atoms with Gasteiger partial charge in [0, 0.05) is 13.1 Å². The molecule has 14 heavy (non-hydrogen) atoms. The Morgan fingerprint density at radius 3 is 2.36 bits per heavy atom. The summed E-state index contributed by atoms with van der Waals surface area (Å²) in [6.45, 7) is 7.50. The zero-order valence-corrected chi connectivity index (χ0v) is 10.5. The summed E-state index contributed by atoms with van der Waals surface area (Å²) >= 11 is 5.64. The van der Waals surface area contributed by atoms with Crippen molar-refractivity contribution < 1.29 is 4.79 Å². The molecule has 0 aromatic rings. The normalized spacial score (nSPS) is 14.2. The lowest BCUT2D eigenvalue weighted by Gasteiger charge is -2.28. The molecule has 0 heterocycles. The van der Waals surface area contributed by atoms with E-state index in [1.165, 1.54) is 0 Å². The fourth-order valence-electron chi connectivity index (χ4n) is 1.38. The van der Waals surface area contributed by atoms with Gasteiger partial charge in [0.15, 0.2) is 0 Å². The molecule has 0 spiro atoms. The van der Waals surface area contributed by atoms with Crippen LogP contribution < -0.4 is 5.32 Å². The van der Waals surface area contributed by atoms with E-state index in [1.807, 2.05) is 14.1 Å². The number of alkyl halides is 1. The first-order valence-corrected chi connectivity index (χ1v) is 5.25. The summed E-state index contributed by atoms with van der Waals surface area (Å²) in [6.07, 6.45) is 0. The SMILES string of the molecule is CC(Cl)C(=O)NCC(C)(C)CN(C)C. The van der Waals surface area contributed by atoms with Crippen LogP contribution in [0.3, 0.4) is 0 Å². The van der Waals surface area contributed by atoms with E-state index in [0.717, 1.165) is 6.54 Å². The van der Waals surface area contributed by atoms with Crippen LogP contribution in [0.5, 0.6) is 0 Å². The van der Waals surface area contributed by atoms with Gasteiger partial charge in [0.05, 0.1) is 0 Å². The molecule has 0 aliphatic rings. The van der Waals surface area contributed by atoms with Gasteiger partial charge in [0.25, 0.3) is 0 Å². The van der Waals surface area contributed by atoms with Gasteiger partial charge in [-0.2, -0.15) is 0 Å². The quantitative estimate of drug-likeness (QED) is 0.709. The largest absolute Gasteiger partial charge is 0.354 e. The minimum Gasteiger partial charge on any atom is -0.354 e. The van der Waals surface area contributed by atoms with Gasteiger partial charge in [-0.15, -0.1) is 11.6 Å². The van der Waals surface area contributed by atoms with Crippen molar-refractivity contribution in [1.82, 2.24) is 10.2 Å². The first-order chi connectivity index (χ1) is 6.24. The number of nitrogens with one attached hydrogen (secondary N) is 1. The summed E-state index contributed by atoms with van der Waals surface area (Å²) in [6, 6.07) is 0. The molecule has 0 aliphatic carbocycles. The van der Waals surface area contributed by atoms with Crippen molar-refractivity contribution >= 4 is 17.5 Å². The highest BCUT2D eigenvalue weighted by molar-refractivity contribution is 6.30. The van der Waals surface area contributed by atoms with Crippen LogP contribution in [-0.4, -0.2) is 43.4 Å². The van der Waals surface area contributed by atoms with Crippen LogP contribution in [0, 0.1) is 5.41 Å². The van der Waals surface area contributed by atoms with E-state index in [4.69, 9.17) is 11.6 Å². The molecule has 1 atom stereocenters. The number of hydrogen-bond donors (Lipinski definition) is 1. The van der Waals surface area contributed by atoms with Crippen LogP contribution in [0.2, 0.25) is 0 Å². The third kappa shape index (κ3) is 6.22. The third-order valence-corrected chi connectivity index (χ3v) is 2.04. The Balaban J connectivity index is 3.92. The number of hydrogen-bond acceptors (Lipinski definition) is 2. The predicted molar refractivity (Wildman–Crippen MR) is 60.7 cm³/mol. The van der Waals surface area contributed by atoms with E-state index in [9.17, 15) is 4.79 Å². The van der Waals surface area contributed by atoms with E-state index >= 15 is 0 Å². The Labute approximate surface area is 91.8 Å². The average molecular weight is 221 g/mol. The Morgan fingerprint density at radius 2 is 2.00 bits per heavy atom. The van der Waals surface area contributed by atoms with Crippen molar-refractivity contribution in [2.45, 2.75) is 26.1 Å². The highest BCUT2D eigenvalue weighted by Gasteiger charge is 2.20. The average Bonchev–Trinajstić information content (AvgIpc) is 1.97. The Kier molecular flexibility index (Phi) is 5.45. The number of nitrogens with zero attached hydrogens (tertiary/aromatic N) is 1. The molecule has 0 rings (SSSR count). The second kappa shape index (κ2) is 5.56. The number of carbonyl (C=O) groups is 1. The summed E-state index contributed by atoms with van der Waals surface area (Å²) < 4.78 is 0. The number of halogens is 1. The lowest BCUT2D eigenvalue weighted by molar-refractivity contribution is -0.120. The first-order valence-electron chi connectivity index (χ1n) is 4.81. The van der Waals surface area contributed by atoms with Crippen molar-refractivity contribution in [2.24, 2.45) is 5.41 Å². The van der Waals surface area contributed by atoms with E-state index in [2.05, 4.69) is 24.1 Å². The van der Waals surface area contributed by atoms with E-state index in [0.29, 0.717) is 6.54 Å². The van der Waals surface area contributed by atoms with Crippen LogP contribution in [0.15, 0.2) is 0 Å². The molecule has 0 aromatic carbocycles. The summed E-state index contributed by atoms with van der Waals surface area (Å²) in [5.74, 6) is -0.0986. The molecule has 1 unspecified atom stereocenters. The second-order valence-electron chi connectivity index (χ2n) is 4.74. The zero-order valence-electron chi connectivity index (χ0n) is 9.72. The monoisotopic (exact) mass is 220 g/mol. The predicted octanol–water partition coefficient (Wildman–Crippen LogP) is 1.32. The molecule has 0 saturated heterocycles.